The monoisotopic (exact) mass is 523 g/mol. The number of likely N-dealkylation sites (tertiary alicyclic amines) is 1. The average molecular weight is 524 g/mol. The van der Waals surface area contributed by atoms with Crippen LogP contribution in [0.2, 0.25) is 0 Å². The number of phenolic OH excluding ortho intramolecular Hbond substituents is 1. The van der Waals surface area contributed by atoms with Gasteiger partial charge in [0.15, 0.2) is 0 Å². The number of imide groups is 1. The van der Waals surface area contributed by atoms with Crippen LogP contribution in [0, 0.1) is 17.8 Å². The average Bonchev–Trinajstić information content (AvgIpc) is 3.50. The second-order valence-corrected chi connectivity index (χ2v) is 11.1. The molecule has 1 aliphatic carbocycles. The van der Waals surface area contributed by atoms with E-state index in [9.17, 15) is 24.9 Å². The summed E-state index contributed by atoms with van der Waals surface area (Å²) in [7, 11) is 0. The Hall–Kier alpha value is -2.74. The molecule has 1 aromatic heterocycles. The summed E-state index contributed by atoms with van der Waals surface area (Å²) >= 11 is 1.52. The molecular formula is C30H37NO5S. The summed E-state index contributed by atoms with van der Waals surface area (Å²) in [6, 6.07) is 10.9. The van der Waals surface area contributed by atoms with Crippen molar-refractivity contribution in [2.24, 2.45) is 17.8 Å². The highest BCUT2D eigenvalue weighted by molar-refractivity contribution is 7.09. The Labute approximate surface area is 223 Å². The van der Waals surface area contributed by atoms with Gasteiger partial charge in [0.25, 0.3) is 0 Å². The second kappa shape index (κ2) is 12.2. The molecule has 4 rings (SSSR count). The highest BCUT2D eigenvalue weighted by Crippen LogP contribution is 2.47. The third-order valence-electron chi connectivity index (χ3n) is 7.73. The molecule has 1 aromatic carbocycles. The summed E-state index contributed by atoms with van der Waals surface area (Å²) in [6.45, 7) is 4.14. The van der Waals surface area contributed by atoms with E-state index in [0.717, 1.165) is 40.8 Å². The number of carbonyl (C=O) groups is 2. The first-order valence-electron chi connectivity index (χ1n) is 13.2. The van der Waals surface area contributed by atoms with E-state index >= 15 is 0 Å². The Morgan fingerprint density at radius 1 is 1.16 bits per heavy atom. The van der Waals surface area contributed by atoms with Gasteiger partial charge in [-0.2, -0.15) is 0 Å². The molecule has 1 aliphatic heterocycles. The van der Waals surface area contributed by atoms with Crippen molar-refractivity contribution in [3.63, 3.8) is 0 Å². The first-order chi connectivity index (χ1) is 17.9. The van der Waals surface area contributed by atoms with Gasteiger partial charge in [0.2, 0.25) is 11.8 Å². The molecule has 0 spiro atoms. The van der Waals surface area contributed by atoms with Crippen molar-refractivity contribution < 1.29 is 24.9 Å². The number of amides is 2. The molecule has 1 fully saturated rings. The van der Waals surface area contributed by atoms with Crippen LogP contribution in [-0.2, 0) is 16.1 Å². The van der Waals surface area contributed by atoms with Crippen LogP contribution in [0.1, 0.15) is 62.8 Å². The number of thiophene rings is 1. The lowest BCUT2D eigenvalue weighted by atomic mass is 9.67. The number of hydrogen-bond donors (Lipinski definition) is 3. The lowest BCUT2D eigenvalue weighted by Crippen LogP contribution is -2.39. The maximum atomic E-state index is 13.5. The van der Waals surface area contributed by atoms with Crippen LogP contribution < -0.4 is 0 Å². The van der Waals surface area contributed by atoms with Gasteiger partial charge in [-0.05, 0) is 66.8 Å². The van der Waals surface area contributed by atoms with Crippen molar-refractivity contribution >= 4 is 29.2 Å². The maximum Gasteiger partial charge on any atom is 0.234 e. The van der Waals surface area contributed by atoms with Crippen molar-refractivity contribution in [1.29, 1.82) is 0 Å². The quantitative estimate of drug-likeness (QED) is 0.274. The lowest BCUT2D eigenvalue weighted by Gasteiger charge is -2.36. The molecule has 0 saturated carbocycles. The summed E-state index contributed by atoms with van der Waals surface area (Å²) in [6.07, 6.45) is 5.34. The number of aliphatic hydroxyl groups excluding tert-OH is 2. The van der Waals surface area contributed by atoms with Crippen LogP contribution in [0.5, 0.6) is 5.75 Å². The van der Waals surface area contributed by atoms with Gasteiger partial charge in [-0.1, -0.05) is 55.7 Å². The van der Waals surface area contributed by atoms with Gasteiger partial charge >= 0.3 is 0 Å². The van der Waals surface area contributed by atoms with E-state index in [1.807, 2.05) is 29.6 Å². The molecule has 3 N–H and O–H groups in total. The topological polar surface area (TPSA) is 98.1 Å². The zero-order valence-electron chi connectivity index (χ0n) is 21.6. The van der Waals surface area contributed by atoms with Gasteiger partial charge in [-0.25, -0.2) is 0 Å². The zero-order valence-corrected chi connectivity index (χ0v) is 22.4. The van der Waals surface area contributed by atoms with Crippen molar-refractivity contribution in [3.8, 4) is 5.75 Å². The van der Waals surface area contributed by atoms with E-state index in [1.54, 1.807) is 12.1 Å². The van der Waals surface area contributed by atoms with Crippen molar-refractivity contribution in [3.05, 3.63) is 68.9 Å². The molecule has 2 aliphatic rings. The fourth-order valence-corrected chi connectivity index (χ4v) is 6.60. The first-order valence-corrected chi connectivity index (χ1v) is 14.1. The minimum absolute atomic E-state index is 0.158. The predicted molar refractivity (Wildman–Crippen MR) is 146 cm³/mol. The Morgan fingerprint density at radius 2 is 1.92 bits per heavy atom. The normalized spacial score (nSPS) is 23.1. The SMILES string of the molecule is CCCC1=C([C@H](O)CC/C(=C/c2ccc(O)cc2)CC)[C@H](CO)[C@@H]2C(=O)N(Cc3cccs3)C(=O)[C@@H]2C1. The van der Waals surface area contributed by atoms with Crippen LogP contribution >= 0.6 is 11.3 Å². The summed E-state index contributed by atoms with van der Waals surface area (Å²) in [5, 5.41) is 33.4. The van der Waals surface area contributed by atoms with Crippen LogP contribution in [0.15, 0.2) is 58.5 Å². The minimum atomic E-state index is -0.788. The number of aromatic hydroxyl groups is 1. The lowest BCUT2D eigenvalue weighted by molar-refractivity contribution is -0.140. The highest BCUT2D eigenvalue weighted by atomic mass is 32.1. The molecule has 37 heavy (non-hydrogen) atoms. The van der Waals surface area contributed by atoms with Crippen molar-refractivity contribution in [2.75, 3.05) is 6.61 Å². The zero-order chi connectivity index (χ0) is 26.5. The summed E-state index contributed by atoms with van der Waals surface area (Å²) in [5.74, 6) is -1.81. The van der Waals surface area contributed by atoms with Gasteiger partial charge in [-0.15, -0.1) is 11.3 Å². The first kappa shape index (κ1) is 27.3. The Morgan fingerprint density at radius 3 is 2.54 bits per heavy atom. The fourth-order valence-electron chi connectivity index (χ4n) is 5.91. The molecule has 7 heteroatoms. The number of rotatable bonds is 11. The van der Waals surface area contributed by atoms with Gasteiger partial charge < -0.3 is 15.3 Å². The van der Waals surface area contributed by atoms with Crippen molar-refractivity contribution in [2.45, 2.75) is 65.0 Å². The summed E-state index contributed by atoms with van der Waals surface area (Å²) < 4.78 is 0. The smallest absolute Gasteiger partial charge is 0.234 e. The van der Waals surface area contributed by atoms with Crippen molar-refractivity contribution in [1.82, 2.24) is 4.90 Å². The van der Waals surface area contributed by atoms with Crippen LogP contribution in [0.25, 0.3) is 6.08 Å². The molecule has 0 unspecified atom stereocenters. The highest BCUT2D eigenvalue weighted by Gasteiger charge is 2.54. The molecule has 0 radical (unpaired) electrons. The summed E-state index contributed by atoms with van der Waals surface area (Å²) in [4.78, 5) is 29.1. The standard InChI is InChI=1S/C30H37NO5S/c1-3-6-21-16-24-28(30(36)31(29(24)35)17-23-7-5-14-37-23)25(18-32)27(21)26(34)13-10-19(4-2)15-20-8-11-22(33)12-9-20/h5,7-9,11-12,14-15,24-26,28,32-34H,3-4,6,10,13,16-18H2,1-2H3/b19-15+/t24-,25+,26-,28-/m1/s1. The van der Waals surface area contributed by atoms with Crippen LogP contribution in [0.3, 0.4) is 0 Å². The molecule has 2 amide bonds. The van der Waals surface area contributed by atoms with Crippen LogP contribution in [-0.4, -0.2) is 44.7 Å². The van der Waals surface area contributed by atoms with E-state index in [1.165, 1.54) is 21.8 Å². The molecule has 2 aromatic rings. The molecule has 0 bridgehead atoms. The predicted octanol–water partition coefficient (Wildman–Crippen LogP) is 5.30. The Bertz CT molecular complexity index is 1150. The fraction of sp³-hybridized carbons (Fsp3) is 0.467. The Balaban J connectivity index is 1.55. The van der Waals surface area contributed by atoms with Gasteiger partial charge in [0.05, 0.1) is 31.1 Å². The number of aliphatic hydroxyl groups is 2. The maximum absolute atomic E-state index is 13.5. The van der Waals surface area contributed by atoms with Gasteiger partial charge in [-0.3, -0.25) is 14.5 Å². The second-order valence-electron chi connectivity index (χ2n) is 10.1. The molecule has 4 atom stereocenters. The molecule has 198 valence electrons. The van der Waals surface area contributed by atoms with Gasteiger partial charge in [0, 0.05) is 10.8 Å². The third kappa shape index (κ3) is 5.89. The minimum Gasteiger partial charge on any atom is -0.508 e. The van der Waals surface area contributed by atoms with E-state index in [0.29, 0.717) is 19.3 Å². The third-order valence-corrected chi connectivity index (χ3v) is 8.59. The van der Waals surface area contributed by atoms with Gasteiger partial charge in [0.1, 0.15) is 5.75 Å². The Kier molecular flexibility index (Phi) is 9.00. The summed E-state index contributed by atoms with van der Waals surface area (Å²) in [5.41, 5.74) is 3.95. The number of phenols is 1. The van der Waals surface area contributed by atoms with Crippen LogP contribution in [0.4, 0.5) is 0 Å². The molecular weight excluding hydrogens is 486 g/mol. The number of allylic oxidation sites excluding steroid dienone is 2. The molecule has 2 heterocycles. The number of fused-ring (bicyclic) bond motifs is 1. The number of hydrogen-bond acceptors (Lipinski definition) is 6. The van der Waals surface area contributed by atoms with E-state index in [2.05, 4.69) is 19.9 Å². The largest absolute Gasteiger partial charge is 0.508 e. The molecule has 6 nitrogen and oxygen atoms in total. The number of nitrogens with zero attached hydrogens (tertiary/aromatic N) is 1. The van der Waals surface area contributed by atoms with E-state index < -0.39 is 23.9 Å². The number of benzene rings is 1. The number of carbonyl (C=O) groups excluding carboxylic acids is 2. The van der Waals surface area contributed by atoms with E-state index in [4.69, 9.17) is 0 Å². The van der Waals surface area contributed by atoms with E-state index in [-0.39, 0.29) is 30.7 Å². The molecule has 1 saturated heterocycles.